The van der Waals surface area contributed by atoms with Gasteiger partial charge in [-0.3, -0.25) is 0 Å². The molecule has 0 aromatic heterocycles. The van der Waals surface area contributed by atoms with Gasteiger partial charge in [0.2, 0.25) is 0 Å². The molecule has 1 aliphatic carbocycles. The van der Waals surface area contributed by atoms with Crippen molar-refractivity contribution < 1.29 is 0 Å². The van der Waals surface area contributed by atoms with Crippen molar-refractivity contribution in [1.82, 2.24) is 0 Å². The lowest BCUT2D eigenvalue weighted by molar-refractivity contribution is 0.660. The van der Waals surface area contributed by atoms with Crippen LogP contribution in [0.2, 0.25) is 0 Å². The molecule has 0 N–H and O–H groups in total. The van der Waals surface area contributed by atoms with Crippen LogP contribution in [0, 0.1) is 6.92 Å². The van der Waals surface area contributed by atoms with E-state index < -0.39 is 0 Å². The number of fused-ring (bicyclic) bond motifs is 5. The molecule has 0 atom stereocenters. The molecule has 0 radical (unpaired) electrons. The van der Waals surface area contributed by atoms with E-state index in [9.17, 15) is 0 Å². The number of rotatable bonds is 3. The van der Waals surface area contributed by atoms with Gasteiger partial charge in [-0.15, -0.1) is 0 Å². The zero-order valence-corrected chi connectivity index (χ0v) is 24.3. The monoisotopic (exact) mass is 536 g/mol. The summed E-state index contributed by atoms with van der Waals surface area (Å²) >= 11 is 0. The molecule has 0 nitrogen and oxygen atoms in total. The molecule has 200 valence electrons. The Morgan fingerprint density at radius 1 is 0.381 bits per heavy atom. The maximum atomic E-state index is 2.39. The maximum Gasteiger partial charge on any atom is 0.0159 e. The molecule has 7 aromatic carbocycles. The van der Waals surface area contributed by atoms with Crippen LogP contribution in [0.3, 0.4) is 0 Å². The molecule has 0 heterocycles. The molecule has 42 heavy (non-hydrogen) atoms. The summed E-state index contributed by atoms with van der Waals surface area (Å²) in [5.41, 5.74) is 14.5. The highest BCUT2D eigenvalue weighted by atomic mass is 14.4. The first kappa shape index (κ1) is 24.8. The Morgan fingerprint density at radius 3 is 1.74 bits per heavy atom. The summed E-state index contributed by atoms with van der Waals surface area (Å²) in [5, 5.41) is 5.20. The van der Waals surface area contributed by atoms with Gasteiger partial charge >= 0.3 is 0 Å². The van der Waals surface area contributed by atoms with Crippen LogP contribution in [0.15, 0.2) is 140 Å². The van der Waals surface area contributed by atoms with Gasteiger partial charge < -0.3 is 0 Å². The smallest absolute Gasteiger partial charge is 0.0159 e. The van der Waals surface area contributed by atoms with Crippen molar-refractivity contribution in [1.29, 1.82) is 0 Å². The van der Waals surface area contributed by atoms with Crippen LogP contribution in [0.4, 0.5) is 0 Å². The molecule has 0 unspecified atom stereocenters. The largest absolute Gasteiger partial charge is 0.0622 e. The highest BCUT2D eigenvalue weighted by molar-refractivity contribution is 6.23. The summed E-state index contributed by atoms with van der Waals surface area (Å²) in [6.07, 6.45) is 0. The Hall–Kier alpha value is -4.94. The minimum atomic E-state index is -0.0378. The summed E-state index contributed by atoms with van der Waals surface area (Å²) < 4.78 is 0. The van der Waals surface area contributed by atoms with Crippen LogP contribution in [-0.2, 0) is 5.41 Å². The van der Waals surface area contributed by atoms with Crippen molar-refractivity contribution in [3.63, 3.8) is 0 Å². The molecule has 7 aromatic rings. The van der Waals surface area contributed by atoms with Crippen LogP contribution in [-0.4, -0.2) is 0 Å². The lowest BCUT2D eigenvalue weighted by Crippen LogP contribution is -2.14. The summed E-state index contributed by atoms with van der Waals surface area (Å²) in [5.74, 6) is 0. The molecule has 1 aliphatic rings. The van der Waals surface area contributed by atoms with E-state index in [0.29, 0.717) is 0 Å². The fourth-order valence-electron chi connectivity index (χ4n) is 7.32. The lowest BCUT2D eigenvalue weighted by Gasteiger charge is -2.23. The van der Waals surface area contributed by atoms with Gasteiger partial charge in [0.05, 0.1) is 0 Å². The van der Waals surface area contributed by atoms with E-state index in [0.717, 1.165) is 0 Å². The van der Waals surface area contributed by atoms with E-state index in [-0.39, 0.29) is 5.41 Å². The summed E-state index contributed by atoms with van der Waals surface area (Å²) in [6.45, 7) is 6.94. The van der Waals surface area contributed by atoms with Crippen molar-refractivity contribution in [3.8, 4) is 44.5 Å². The Kier molecular flexibility index (Phi) is 5.49. The molecule has 0 saturated carbocycles. The average molecular weight is 537 g/mol. The molecular weight excluding hydrogens is 504 g/mol. The third-order valence-electron chi connectivity index (χ3n) is 9.34. The van der Waals surface area contributed by atoms with Gasteiger partial charge in [-0.05, 0) is 84.1 Å². The van der Waals surface area contributed by atoms with E-state index in [2.05, 4.69) is 160 Å². The van der Waals surface area contributed by atoms with Crippen molar-refractivity contribution in [2.24, 2.45) is 0 Å². The number of benzene rings is 7. The Labute approximate surface area is 247 Å². The zero-order chi connectivity index (χ0) is 28.4. The van der Waals surface area contributed by atoms with Gasteiger partial charge in [-0.2, -0.15) is 0 Å². The van der Waals surface area contributed by atoms with Crippen molar-refractivity contribution >= 4 is 21.5 Å². The second-order valence-electron chi connectivity index (χ2n) is 12.2. The van der Waals surface area contributed by atoms with Crippen LogP contribution in [0.25, 0.3) is 66.1 Å². The molecule has 0 saturated heterocycles. The Morgan fingerprint density at radius 2 is 0.952 bits per heavy atom. The molecule has 0 bridgehead atoms. The molecule has 8 rings (SSSR count). The number of aryl methyl sites for hydroxylation is 1. The highest BCUT2D eigenvalue weighted by Gasteiger charge is 2.37. The molecule has 0 heteroatoms. The third-order valence-corrected chi connectivity index (χ3v) is 9.34. The molecule has 0 amide bonds. The average Bonchev–Trinajstić information content (AvgIpc) is 3.27. The minimum absolute atomic E-state index is 0.0378. The first-order valence-corrected chi connectivity index (χ1v) is 14.9. The fourth-order valence-corrected chi connectivity index (χ4v) is 7.32. The van der Waals surface area contributed by atoms with E-state index in [1.807, 2.05) is 0 Å². The van der Waals surface area contributed by atoms with Gasteiger partial charge in [0, 0.05) is 5.41 Å². The van der Waals surface area contributed by atoms with E-state index in [4.69, 9.17) is 0 Å². The van der Waals surface area contributed by atoms with Crippen LogP contribution < -0.4 is 0 Å². The standard InChI is InChI=1S/C42H32/c1-27-20-25-33-36(26-27)40(35-17-11-19-38-41(35)34-16-9-10-18-37(34)42(38,2)3)32-15-8-7-14-31(32)39(33)30-23-21-29(22-24-30)28-12-5-4-6-13-28/h4-26H,1-3H3. The highest BCUT2D eigenvalue weighted by Crippen LogP contribution is 2.54. The number of hydrogen-bond donors (Lipinski definition) is 0. The summed E-state index contributed by atoms with van der Waals surface area (Å²) in [7, 11) is 0. The first-order chi connectivity index (χ1) is 20.5. The Bertz CT molecular complexity index is 2140. The van der Waals surface area contributed by atoms with Gasteiger partial charge in [0.15, 0.2) is 0 Å². The Balaban J connectivity index is 1.45. The molecular formula is C42H32. The molecule has 0 fully saturated rings. The van der Waals surface area contributed by atoms with Crippen LogP contribution >= 0.6 is 0 Å². The summed E-state index contributed by atoms with van der Waals surface area (Å²) in [4.78, 5) is 0. The normalized spacial score (nSPS) is 13.3. The third kappa shape index (κ3) is 3.62. The van der Waals surface area contributed by atoms with Crippen LogP contribution in [0.5, 0.6) is 0 Å². The van der Waals surface area contributed by atoms with E-state index in [1.165, 1.54) is 82.7 Å². The fraction of sp³-hybridized carbons (Fsp3) is 0.0952. The maximum absolute atomic E-state index is 2.39. The zero-order valence-electron chi connectivity index (χ0n) is 24.3. The van der Waals surface area contributed by atoms with Crippen molar-refractivity contribution in [3.05, 3.63) is 156 Å². The van der Waals surface area contributed by atoms with Crippen molar-refractivity contribution in [2.45, 2.75) is 26.2 Å². The van der Waals surface area contributed by atoms with Crippen molar-refractivity contribution in [2.75, 3.05) is 0 Å². The topological polar surface area (TPSA) is 0 Å². The summed E-state index contributed by atoms with van der Waals surface area (Å²) in [6, 6.07) is 51.6. The second kappa shape index (κ2) is 9.29. The van der Waals surface area contributed by atoms with Gasteiger partial charge in [0.1, 0.15) is 0 Å². The first-order valence-electron chi connectivity index (χ1n) is 14.9. The SMILES string of the molecule is Cc1ccc2c(-c3ccc(-c4ccccc4)cc3)c3ccccc3c(-c3cccc4c3-c3ccccc3C4(C)C)c2c1. The van der Waals surface area contributed by atoms with Gasteiger partial charge in [0.25, 0.3) is 0 Å². The van der Waals surface area contributed by atoms with Crippen LogP contribution in [0.1, 0.15) is 30.5 Å². The lowest BCUT2D eigenvalue weighted by atomic mass is 9.80. The molecule has 0 aliphatic heterocycles. The van der Waals surface area contributed by atoms with E-state index >= 15 is 0 Å². The van der Waals surface area contributed by atoms with Gasteiger partial charge in [-0.25, -0.2) is 0 Å². The predicted octanol–water partition coefficient (Wildman–Crippen LogP) is 11.6. The second-order valence-corrected chi connectivity index (χ2v) is 12.2. The molecule has 0 spiro atoms. The number of hydrogen-bond acceptors (Lipinski definition) is 0. The quantitative estimate of drug-likeness (QED) is 0.197. The minimum Gasteiger partial charge on any atom is -0.0622 e. The van der Waals surface area contributed by atoms with Gasteiger partial charge in [-0.1, -0.05) is 159 Å². The predicted molar refractivity (Wildman–Crippen MR) is 180 cm³/mol. The van der Waals surface area contributed by atoms with E-state index in [1.54, 1.807) is 0 Å².